The molecule has 5 heteroatoms. The molecule has 0 radical (unpaired) electrons. The van der Waals surface area contributed by atoms with Gasteiger partial charge in [-0.05, 0) is 17.7 Å². The zero-order valence-corrected chi connectivity index (χ0v) is 7.99. The molecule has 0 aromatic carbocycles. The van der Waals surface area contributed by atoms with Gasteiger partial charge in [-0.15, -0.1) is 0 Å². The maximum atomic E-state index is 11.1. The van der Waals surface area contributed by atoms with Gasteiger partial charge in [0, 0.05) is 19.9 Å². The Bertz CT molecular complexity index is 315. The van der Waals surface area contributed by atoms with E-state index >= 15 is 0 Å². The molecule has 0 saturated carbocycles. The van der Waals surface area contributed by atoms with Crippen LogP contribution in [0, 0.1) is 0 Å². The van der Waals surface area contributed by atoms with E-state index in [4.69, 9.17) is 5.73 Å². The number of pyridine rings is 1. The van der Waals surface area contributed by atoms with E-state index in [1.165, 1.54) is 7.11 Å². The van der Waals surface area contributed by atoms with Crippen LogP contribution in [0.5, 0.6) is 0 Å². The Morgan fingerprint density at radius 2 is 2.50 bits per heavy atom. The molecule has 5 nitrogen and oxygen atoms in total. The summed E-state index contributed by atoms with van der Waals surface area (Å²) in [5.74, 6) is 0.268. The molecule has 1 rings (SSSR count). The van der Waals surface area contributed by atoms with Crippen molar-refractivity contribution < 1.29 is 9.53 Å². The van der Waals surface area contributed by atoms with Crippen molar-refractivity contribution in [2.24, 2.45) is 5.73 Å². The Balaban J connectivity index is 2.62. The summed E-state index contributed by atoms with van der Waals surface area (Å²) < 4.78 is 4.67. The van der Waals surface area contributed by atoms with E-state index in [9.17, 15) is 4.79 Å². The van der Waals surface area contributed by atoms with Gasteiger partial charge in [-0.3, -0.25) is 4.79 Å². The van der Waals surface area contributed by atoms with E-state index in [-0.39, 0.29) is 12.5 Å². The first kappa shape index (κ1) is 10.6. The number of nitrogens with zero attached hydrogens (tertiary/aromatic N) is 1. The lowest BCUT2D eigenvalue weighted by Crippen LogP contribution is -2.18. The number of aromatic nitrogens is 1. The van der Waals surface area contributed by atoms with Gasteiger partial charge in [0.15, 0.2) is 0 Å². The molecule has 0 aliphatic carbocycles. The van der Waals surface area contributed by atoms with Crippen molar-refractivity contribution in [1.29, 1.82) is 0 Å². The molecular weight excluding hydrogens is 182 g/mol. The highest BCUT2D eigenvalue weighted by Crippen LogP contribution is 2.05. The van der Waals surface area contributed by atoms with Crippen molar-refractivity contribution in [1.82, 2.24) is 4.98 Å². The molecule has 0 aliphatic heterocycles. The molecule has 0 saturated heterocycles. The summed E-state index contributed by atoms with van der Waals surface area (Å²) in [6, 6.07) is 3.53. The minimum absolute atomic E-state index is 0.0224. The second-order valence-corrected chi connectivity index (χ2v) is 2.73. The molecule has 0 spiro atoms. The zero-order chi connectivity index (χ0) is 10.4. The van der Waals surface area contributed by atoms with Gasteiger partial charge < -0.3 is 15.8 Å². The third-order valence-electron chi connectivity index (χ3n) is 1.60. The number of rotatable bonds is 4. The minimum atomic E-state index is -0.228. The Morgan fingerprint density at radius 1 is 1.71 bits per heavy atom. The maximum absolute atomic E-state index is 11.1. The quantitative estimate of drug-likeness (QED) is 0.715. The third-order valence-corrected chi connectivity index (χ3v) is 1.60. The first-order valence-electron chi connectivity index (χ1n) is 4.20. The Hall–Kier alpha value is -1.46. The summed E-state index contributed by atoms with van der Waals surface area (Å²) in [6.07, 6.45) is 1.60. The van der Waals surface area contributed by atoms with Crippen molar-refractivity contribution in [3.8, 4) is 0 Å². The molecular formula is C9H13N3O2. The molecule has 3 N–H and O–H groups in total. The van der Waals surface area contributed by atoms with Crippen molar-refractivity contribution in [3.05, 3.63) is 23.9 Å². The van der Waals surface area contributed by atoms with Crippen LogP contribution in [0.4, 0.5) is 5.82 Å². The fourth-order valence-corrected chi connectivity index (χ4v) is 0.980. The fourth-order valence-electron chi connectivity index (χ4n) is 0.980. The molecule has 0 atom stereocenters. The molecule has 14 heavy (non-hydrogen) atoms. The molecule has 1 heterocycles. The van der Waals surface area contributed by atoms with Gasteiger partial charge in [-0.25, -0.2) is 4.98 Å². The summed E-state index contributed by atoms with van der Waals surface area (Å²) in [4.78, 5) is 15.1. The molecule has 1 aromatic heterocycles. The SMILES string of the molecule is COCC(=O)Nc1cc(CN)ccn1. The number of carbonyl (C=O) groups excluding carboxylic acids is 1. The highest BCUT2D eigenvalue weighted by atomic mass is 16.5. The number of nitrogens with one attached hydrogen (secondary N) is 1. The minimum Gasteiger partial charge on any atom is -0.375 e. The second kappa shape index (κ2) is 5.31. The average Bonchev–Trinajstić information content (AvgIpc) is 2.18. The van der Waals surface area contributed by atoms with Crippen LogP contribution in [0.15, 0.2) is 18.3 Å². The summed E-state index contributed by atoms with van der Waals surface area (Å²) in [7, 11) is 1.46. The molecule has 1 amide bonds. The topological polar surface area (TPSA) is 77.2 Å². The molecule has 0 fully saturated rings. The lowest BCUT2D eigenvalue weighted by atomic mass is 10.2. The van der Waals surface area contributed by atoms with Gasteiger partial charge in [0.25, 0.3) is 5.91 Å². The Morgan fingerprint density at radius 3 is 3.14 bits per heavy atom. The van der Waals surface area contributed by atoms with Crippen LogP contribution in [0.1, 0.15) is 5.56 Å². The van der Waals surface area contributed by atoms with Crippen LogP contribution < -0.4 is 11.1 Å². The number of ether oxygens (including phenoxy) is 1. The highest BCUT2D eigenvalue weighted by Gasteiger charge is 2.02. The van der Waals surface area contributed by atoms with E-state index in [0.717, 1.165) is 5.56 Å². The number of nitrogens with two attached hydrogens (primary N) is 1. The van der Waals surface area contributed by atoms with Crippen LogP contribution in [-0.4, -0.2) is 24.6 Å². The number of methoxy groups -OCH3 is 1. The third kappa shape index (κ3) is 3.12. The van der Waals surface area contributed by atoms with Gasteiger partial charge in [-0.1, -0.05) is 0 Å². The summed E-state index contributed by atoms with van der Waals surface area (Å²) in [6.45, 7) is 0.449. The van der Waals surface area contributed by atoms with Gasteiger partial charge in [0.05, 0.1) is 0 Å². The van der Waals surface area contributed by atoms with E-state index in [2.05, 4.69) is 15.0 Å². The maximum Gasteiger partial charge on any atom is 0.251 e. The van der Waals surface area contributed by atoms with Crippen molar-refractivity contribution >= 4 is 11.7 Å². The lowest BCUT2D eigenvalue weighted by Gasteiger charge is -2.04. The smallest absolute Gasteiger partial charge is 0.251 e. The van der Waals surface area contributed by atoms with Crippen LogP contribution >= 0.6 is 0 Å². The van der Waals surface area contributed by atoms with E-state index in [1.807, 2.05) is 0 Å². The van der Waals surface area contributed by atoms with E-state index < -0.39 is 0 Å². The highest BCUT2D eigenvalue weighted by molar-refractivity contribution is 5.90. The van der Waals surface area contributed by atoms with Crippen molar-refractivity contribution in [2.45, 2.75) is 6.54 Å². The van der Waals surface area contributed by atoms with Gasteiger partial charge >= 0.3 is 0 Å². The largest absolute Gasteiger partial charge is 0.375 e. The number of hydrogen-bond donors (Lipinski definition) is 2. The molecule has 76 valence electrons. The standard InChI is InChI=1S/C9H13N3O2/c1-14-6-9(13)12-8-4-7(5-10)2-3-11-8/h2-4H,5-6,10H2,1H3,(H,11,12,13). The predicted molar refractivity (Wildman–Crippen MR) is 52.6 cm³/mol. The van der Waals surface area contributed by atoms with Gasteiger partial charge in [0.1, 0.15) is 12.4 Å². The van der Waals surface area contributed by atoms with Gasteiger partial charge in [0.2, 0.25) is 0 Å². The van der Waals surface area contributed by atoms with Crippen LogP contribution in [0.25, 0.3) is 0 Å². The van der Waals surface area contributed by atoms with Crippen LogP contribution in [0.2, 0.25) is 0 Å². The number of anilines is 1. The van der Waals surface area contributed by atoms with E-state index in [1.54, 1.807) is 18.3 Å². The summed E-state index contributed by atoms with van der Waals surface area (Å²) >= 11 is 0. The monoisotopic (exact) mass is 195 g/mol. The summed E-state index contributed by atoms with van der Waals surface area (Å²) in [5, 5.41) is 2.59. The van der Waals surface area contributed by atoms with Crippen LogP contribution in [0.3, 0.4) is 0 Å². The number of carbonyl (C=O) groups is 1. The molecule has 0 unspecified atom stereocenters. The number of hydrogen-bond acceptors (Lipinski definition) is 4. The van der Waals surface area contributed by atoms with Crippen LogP contribution in [-0.2, 0) is 16.1 Å². The van der Waals surface area contributed by atoms with Crippen molar-refractivity contribution in [3.63, 3.8) is 0 Å². The van der Waals surface area contributed by atoms with Gasteiger partial charge in [-0.2, -0.15) is 0 Å². The first-order chi connectivity index (χ1) is 6.76. The van der Waals surface area contributed by atoms with Crippen molar-refractivity contribution in [2.75, 3.05) is 19.0 Å². The summed E-state index contributed by atoms with van der Waals surface area (Å²) in [5.41, 5.74) is 6.37. The average molecular weight is 195 g/mol. The zero-order valence-electron chi connectivity index (χ0n) is 7.99. The second-order valence-electron chi connectivity index (χ2n) is 2.73. The molecule has 0 bridgehead atoms. The first-order valence-corrected chi connectivity index (χ1v) is 4.20. The Kier molecular flexibility index (Phi) is 4.03. The molecule has 1 aromatic rings. The van der Waals surface area contributed by atoms with E-state index in [0.29, 0.717) is 12.4 Å². The normalized spacial score (nSPS) is 9.86. The fraction of sp³-hybridized carbons (Fsp3) is 0.333. The lowest BCUT2D eigenvalue weighted by molar-refractivity contribution is -0.119. The molecule has 0 aliphatic rings. The number of amides is 1. The predicted octanol–water partition coefficient (Wildman–Crippen LogP) is 0.125. The Labute approximate surface area is 82.3 Å².